The van der Waals surface area contributed by atoms with Gasteiger partial charge in [-0.2, -0.15) is 18.4 Å². The Balaban J connectivity index is 0.737. The number of carbonyl (C=O) groups is 5. The third-order valence-electron chi connectivity index (χ3n) is 12.9. The first kappa shape index (κ1) is 42.7. The average molecular weight is 858 g/mol. The molecule has 62 heavy (non-hydrogen) atoms. The third kappa shape index (κ3) is 9.14. The summed E-state index contributed by atoms with van der Waals surface area (Å²) in [5.41, 5.74) is 0.300. The highest BCUT2D eigenvalue weighted by atomic mass is 19.4. The number of amides is 5. The van der Waals surface area contributed by atoms with E-state index in [1.165, 1.54) is 18.2 Å². The number of piperidine rings is 3. The molecule has 1 unspecified atom stereocenters. The molecule has 0 radical (unpaired) electrons. The van der Waals surface area contributed by atoms with E-state index in [-0.39, 0.29) is 41.5 Å². The van der Waals surface area contributed by atoms with E-state index in [1.54, 1.807) is 23.2 Å². The molecule has 5 aliphatic heterocycles. The summed E-state index contributed by atoms with van der Waals surface area (Å²) in [6, 6.07) is 10.5. The molecule has 5 amide bonds. The average Bonchev–Trinajstić information content (AvgIpc) is 3.50. The standard InChI is InChI=1S/C44H47F4N9O5/c45-35-22-32-33(43(62)57(42(32)61)36-4-6-39(58)52-41(36)60)23-37(35)56-19-17-54(18-20-56)26-28-8-13-53(14-9-28)12-7-27-1-5-38(50-25-27)51-40(59)29-10-15-55(16-11-29)31-3-2-30(24-49)34(21-31)44(46,47)48/h1-3,5,21-23,25,28-29,36H,4,6-20,26H2,(H,50,51,59)(H,52,58,60). The van der Waals surface area contributed by atoms with Crippen LogP contribution in [0.3, 0.4) is 0 Å². The summed E-state index contributed by atoms with van der Waals surface area (Å²) in [4.78, 5) is 77.3. The van der Waals surface area contributed by atoms with Gasteiger partial charge in [0.05, 0.1) is 34.0 Å². The number of pyridine rings is 1. The molecule has 0 saturated carbocycles. The van der Waals surface area contributed by atoms with Gasteiger partial charge in [0.2, 0.25) is 17.7 Å². The van der Waals surface area contributed by atoms with Crippen molar-refractivity contribution in [3.63, 3.8) is 0 Å². The Morgan fingerprint density at radius 1 is 0.839 bits per heavy atom. The Labute approximate surface area is 355 Å². The van der Waals surface area contributed by atoms with Crippen molar-refractivity contribution in [2.45, 2.75) is 57.2 Å². The van der Waals surface area contributed by atoms with Crippen LogP contribution in [0.25, 0.3) is 0 Å². The molecule has 4 saturated heterocycles. The number of halogens is 4. The van der Waals surface area contributed by atoms with Gasteiger partial charge in [0.25, 0.3) is 11.8 Å². The molecule has 1 aromatic heterocycles. The predicted molar refractivity (Wildman–Crippen MR) is 219 cm³/mol. The number of alkyl halides is 3. The molecule has 2 N–H and O–H groups in total. The highest BCUT2D eigenvalue weighted by molar-refractivity contribution is 6.23. The number of carbonyl (C=O) groups excluding carboxylic acids is 5. The zero-order valence-electron chi connectivity index (χ0n) is 34.1. The number of aromatic nitrogens is 1. The van der Waals surface area contributed by atoms with Crippen LogP contribution in [0.15, 0.2) is 48.7 Å². The monoisotopic (exact) mass is 857 g/mol. The van der Waals surface area contributed by atoms with Crippen LogP contribution in [0.1, 0.15) is 75.9 Å². The quantitative estimate of drug-likeness (QED) is 0.219. The van der Waals surface area contributed by atoms with Crippen LogP contribution in [-0.4, -0.2) is 121 Å². The number of anilines is 3. The van der Waals surface area contributed by atoms with E-state index in [0.717, 1.165) is 81.1 Å². The highest BCUT2D eigenvalue weighted by Crippen LogP contribution is 2.36. The molecule has 5 aliphatic rings. The number of nitrogens with one attached hydrogen (secondary N) is 2. The number of fused-ring (bicyclic) bond motifs is 1. The first-order valence-corrected chi connectivity index (χ1v) is 21.1. The number of nitriles is 1. The lowest BCUT2D eigenvalue weighted by Gasteiger charge is -2.39. The van der Waals surface area contributed by atoms with Crippen molar-refractivity contribution in [2.24, 2.45) is 11.8 Å². The van der Waals surface area contributed by atoms with Crippen LogP contribution in [0.2, 0.25) is 0 Å². The molecule has 3 aromatic rings. The first-order chi connectivity index (χ1) is 29.7. The lowest BCUT2D eigenvalue weighted by Crippen LogP contribution is -2.54. The summed E-state index contributed by atoms with van der Waals surface area (Å²) in [6.45, 7) is 7.16. The molecule has 14 nitrogen and oxygen atoms in total. The first-order valence-electron chi connectivity index (χ1n) is 21.1. The molecule has 0 aliphatic carbocycles. The summed E-state index contributed by atoms with van der Waals surface area (Å²) in [7, 11) is 0. The van der Waals surface area contributed by atoms with Crippen molar-refractivity contribution >= 4 is 46.7 Å². The number of hydrogen-bond acceptors (Lipinski definition) is 11. The van der Waals surface area contributed by atoms with Crippen LogP contribution in [-0.2, 0) is 27.0 Å². The van der Waals surface area contributed by atoms with Gasteiger partial charge in [0.15, 0.2) is 0 Å². The Bertz CT molecular complexity index is 2280. The van der Waals surface area contributed by atoms with Gasteiger partial charge >= 0.3 is 6.18 Å². The summed E-state index contributed by atoms with van der Waals surface area (Å²) in [6.07, 6.45) is 1.06. The van der Waals surface area contributed by atoms with E-state index in [0.29, 0.717) is 56.4 Å². The van der Waals surface area contributed by atoms with Gasteiger partial charge in [-0.15, -0.1) is 0 Å². The topological polar surface area (TPSA) is 162 Å². The van der Waals surface area contributed by atoms with Crippen molar-refractivity contribution < 1.29 is 41.5 Å². The lowest BCUT2D eigenvalue weighted by atomic mass is 9.95. The number of likely N-dealkylation sites (tertiary alicyclic amines) is 1. The summed E-state index contributed by atoms with van der Waals surface area (Å²) < 4.78 is 55.8. The smallest absolute Gasteiger partial charge is 0.371 e. The van der Waals surface area contributed by atoms with Crippen LogP contribution < -0.4 is 20.4 Å². The minimum Gasteiger partial charge on any atom is -0.371 e. The van der Waals surface area contributed by atoms with E-state index >= 15 is 4.39 Å². The second-order valence-corrected chi connectivity index (χ2v) is 16.8. The zero-order valence-corrected chi connectivity index (χ0v) is 34.1. The minimum absolute atomic E-state index is 0.00760. The molecule has 8 rings (SSSR count). The van der Waals surface area contributed by atoms with Gasteiger partial charge in [-0.05, 0) is 99.5 Å². The largest absolute Gasteiger partial charge is 0.417 e. The highest BCUT2D eigenvalue weighted by Gasteiger charge is 2.45. The minimum atomic E-state index is -4.63. The molecule has 6 heterocycles. The van der Waals surface area contributed by atoms with Crippen LogP contribution in [0.5, 0.6) is 0 Å². The fourth-order valence-electron chi connectivity index (χ4n) is 9.27. The SMILES string of the molecule is N#Cc1ccc(N2CCC(C(=O)Nc3ccc(CCN4CCC(CN5CCN(c6cc7c(cc6F)C(=O)N(C6CCC(=O)NC6=O)C7=O)CC5)CC4)cn3)CC2)cc1C(F)(F)F. The second-order valence-electron chi connectivity index (χ2n) is 16.8. The van der Waals surface area contributed by atoms with Crippen LogP contribution in [0, 0.1) is 29.0 Å². The van der Waals surface area contributed by atoms with Gasteiger partial charge in [0, 0.05) is 76.6 Å². The van der Waals surface area contributed by atoms with E-state index in [4.69, 9.17) is 5.26 Å². The maximum absolute atomic E-state index is 15.4. The van der Waals surface area contributed by atoms with Crippen molar-refractivity contribution in [1.29, 1.82) is 5.26 Å². The van der Waals surface area contributed by atoms with Crippen LogP contribution >= 0.6 is 0 Å². The van der Waals surface area contributed by atoms with E-state index < -0.39 is 52.8 Å². The number of piperazine rings is 1. The molecule has 326 valence electrons. The summed E-state index contributed by atoms with van der Waals surface area (Å²) in [5.74, 6) is -2.64. The molecule has 1 atom stereocenters. The zero-order chi connectivity index (χ0) is 43.7. The fraction of sp³-hybridized carbons (Fsp3) is 0.477. The number of imide groups is 2. The van der Waals surface area contributed by atoms with E-state index in [2.05, 4.69) is 25.4 Å². The van der Waals surface area contributed by atoms with Crippen molar-refractivity contribution in [1.82, 2.24) is 25.0 Å². The van der Waals surface area contributed by atoms with Crippen molar-refractivity contribution in [3.05, 3.63) is 82.3 Å². The molecular formula is C44H47F4N9O5. The number of hydrogen-bond donors (Lipinski definition) is 2. The Morgan fingerprint density at radius 3 is 2.19 bits per heavy atom. The number of benzene rings is 2. The van der Waals surface area contributed by atoms with Gasteiger partial charge in [-0.1, -0.05) is 6.07 Å². The molecule has 0 spiro atoms. The molecule has 0 bridgehead atoms. The molecule has 4 fully saturated rings. The van der Waals surface area contributed by atoms with Gasteiger partial charge < -0.3 is 20.0 Å². The maximum Gasteiger partial charge on any atom is 0.417 e. The van der Waals surface area contributed by atoms with E-state index in [1.807, 2.05) is 11.0 Å². The van der Waals surface area contributed by atoms with Gasteiger partial charge in [-0.25, -0.2) is 9.37 Å². The Hall–Kier alpha value is -5.93. The number of nitrogens with zero attached hydrogens (tertiary/aromatic N) is 7. The molecule has 18 heteroatoms. The fourth-order valence-corrected chi connectivity index (χ4v) is 9.27. The Kier molecular flexibility index (Phi) is 12.3. The lowest BCUT2D eigenvalue weighted by molar-refractivity contribution is -0.138. The number of rotatable bonds is 10. The summed E-state index contributed by atoms with van der Waals surface area (Å²) in [5, 5.41) is 14.1. The second kappa shape index (κ2) is 17.8. The van der Waals surface area contributed by atoms with E-state index in [9.17, 15) is 37.1 Å². The summed E-state index contributed by atoms with van der Waals surface area (Å²) >= 11 is 0. The normalized spacial score (nSPS) is 21.0. The molecule has 2 aromatic carbocycles. The van der Waals surface area contributed by atoms with Crippen molar-refractivity contribution in [3.8, 4) is 6.07 Å². The predicted octanol–water partition coefficient (Wildman–Crippen LogP) is 4.44. The Morgan fingerprint density at radius 2 is 1.55 bits per heavy atom. The van der Waals surface area contributed by atoms with Crippen LogP contribution in [0.4, 0.5) is 34.8 Å². The van der Waals surface area contributed by atoms with Crippen molar-refractivity contribution in [2.75, 3.05) is 80.6 Å². The molecular weight excluding hydrogens is 811 g/mol. The van der Waals surface area contributed by atoms with Gasteiger partial charge in [0.1, 0.15) is 17.7 Å². The third-order valence-corrected chi connectivity index (χ3v) is 12.9. The maximum atomic E-state index is 15.4. The van der Waals surface area contributed by atoms with Gasteiger partial charge in [-0.3, -0.25) is 39.1 Å².